The van der Waals surface area contributed by atoms with Crippen LogP contribution in [0.3, 0.4) is 0 Å². The van der Waals surface area contributed by atoms with Gasteiger partial charge in [-0.05, 0) is 49.1 Å². The SMILES string of the molecule is CSc1ccc([C@H](C)NC(=O)c2ccc(F)cc2Cl)cc1. The summed E-state index contributed by atoms with van der Waals surface area (Å²) < 4.78 is 13.0. The molecule has 2 aromatic rings. The Hall–Kier alpha value is -1.52. The number of halogens is 2. The zero-order chi connectivity index (χ0) is 15.4. The predicted molar refractivity (Wildman–Crippen MR) is 85.5 cm³/mol. The summed E-state index contributed by atoms with van der Waals surface area (Å²) in [6, 6.07) is 11.5. The van der Waals surface area contributed by atoms with E-state index in [0.717, 1.165) is 11.6 Å². The number of carbonyl (C=O) groups excluding carboxylic acids is 1. The zero-order valence-corrected chi connectivity index (χ0v) is 13.3. The van der Waals surface area contributed by atoms with Crippen LogP contribution in [0.5, 0.6) is 0 Å². The Balaban J connectivity index is 2.10. The van der Waals surface area contributed by atoms with Crippen molar-refractivity contribution >= 4 is 29.3 Å². The molecule has 0 fully saturated rings. The third kappa shape index (κ3) is 3.99. The van der Waals surface area contributed by atoms with Crippen LogP contribution >= 0.6 is 23.4 Å². The normalized spacial score (nSPS) is 12.0. The Labute approximate surface area is 132 Å². The van der Waals surface area contributed by atoms with E-state index in [-0.39, 0.29) is 22.5 Å². The Morgan fingerprint density at radius 3 is 2.48 bits per heavy atom. The van der Waals surface area contributed by atoms with Gasteiger partial charge in [0.1, 0.15) is 5.82 Å². The quantitative estimate of drug-likeness (QED) is 0.827. The lowest BCUT2D eigenvalue weighted by atomic mass is 10.1. The van der Waals surface area contributed by atoms with Gasteiger partial charge in [0.25, 0.3) is 5.91 Å². The molecule has 2 aromatic carbocycles. The monoisotopic (exact) mass is 323 g/mol. The van der Waals surface area contributed by atoms with Gasteiger partial charge >= 0.3 is 0 Å². The molecule has 2 nitrogen and oxygen atoms in total. The van der Waals surface area contributed by atoms with E-state index in [2.05, 4.69) is 5.32 Å². The van der Waals surface area contributed by atoms with E-state index in [1.165, 1.54) is 17.0 Å². The van der Waals surface area contributed by atoms with Gasteiger partial charge in [0.2, 0.25) is 0 Å². The Morgan fingerprint density at radius 1 is 1.24 bits per heavy atom. The van der Waals surface area contributed by atoms with Crippen molar-refractivity contribution < 1.29 is 9.18 Å². The van der Waals surface area contributed by atoms with E-state index in [0.29, 0.717) is 0 Å². The fourth-order valence-corrected chi connectivity index (χ4v) is 2.59. The molecule has 0 radical (unpaired) electrons. The predicted octanol–water partition coefficient (Wildman–Crippen LogP) is 4.69. The minimum Gasteiger partial charge on any atom is -0.345 e. The van der Waals surface area contributed by atoms with Crippen molar-refractivity contribution in [3.63, 3.8) is 0 Å². The molecule has 0 unspecified atom stereocenters. The van der Waals surface area contributed by atoms with E-state index in [1.807, 2.05) is 37.4 Å². The Bertz CT molecular complexity index is 645. The molecule has 1 amide bonds. The van der Waals surface area contributed by atoms with Crippen molar-refractivity contribution in [2.45, 2.75) is 17.9 Å². The number of rotatable bonds is 4. The first kappa shape index (κ1) is 15.9. The van der Waals surface area contributed by atoms with Crippen LogP contribution in [0, 0.1) is 5.82 Å². The molecule has 0 bridgehead atoms. The summed E-state index contributed by atoms with van der Waals surface area (Å²) >= 11 is 7.55. The lowest BCUT2D eigenvalue weighted by Gasteiger charge is -2.15. The molecule has 1 N–H and O–H groups in total. The smallest absolute Gasteiger partial charge is 0.253 e. The van der Waals surface area contributed by atoms with Crippen molar-refractivity contribution in [1.29, 1.82) is 0 Å². The van der Waals surface area contributed by atoms with Crippen LogP contribution in [0.2, 0.25) is 5.02 Å². The maximum Gasteiger partial charge on any atom is 0.253 e. The number of nitrogens with one attached hydrogen (secondary N) is 1. The van der Waals surface area contributed by atoms with E-state index in [4.69, 9.17) is 11.6 Å². The van der Waals surface area contributed by atoms with Gasteiger partial charge < -0.3 is 5.32 Å². The molecular weight excluding hydrogens is 309 g/mol. The maximum atomic E-state index is 13.0. The van der Waals surface area contributed by atoms with Gasteiger partial charge in [-0.25, -0.2) is 4.39 Å². The second kappa shape index (κ2) is 6.96. The van der Waals surface area contributed by atoms with Crippen molar-refractivity contribution in [2.24, 2.45) is 0 Å². The summed E-state index contributed by atoms with van der Waals surface area (Å²) in [4.78, 5) is 13.3. The largest absolute Gasteiger partial charge is 0.345 e. The molecular formula is C16H15ClFNOS. The van der Waals surface area contributed by atoms with Crippen LogP contribution < -0.4 is 5.32 Å². The topological polar surface area (TPSA) is 29.1 Å². The molecule has 0 aliphatic rings. The van der Waals surface area contributed by atoms with Gasteiger partial charge in [-0.15, -0.1) is 11.8 Å². The van der Waals surface area contributed by atoms with Crippen molar-refractivity contribution in [1.82, 2.24) is 5.32 Å². The highest BCUT2D eigenvalue weighted by molar-refractivity contribution is 7.98. The van der Waals surface area contributed by atoms with Gasteiger partial charge in [0.05, 0.1) is 16.6 Å². The highest BCUT2D eigenvalue weighted by Crippen LogP contribution is 2.21. The summed E-state index contributed by atoms with van der Waals surface area (Å²) in [5, 5.41) is 2.97. The highest BCUT2D eigenvalue weighted by Gasteiger charge is 2.14. The van der Waals surface area contributed by atoms with Crippen LogP contribution in [0.4, 0.5) is 4.39 Å². The molecule has 0 aromatic heterocycles. The fraction of sp³-hybridized carbons (Fsp3) is 0.188. The standard InChI is InChI=1S/C16H15ClFNOS/c1-10(11-3-6-13(21-2)7-4-11)19-16(20)14-8-5-12(18)9-15(14)17/h3-10H,1-2H3,(H,19,20)/t10-/m0/s1. The second-order valence-corrected chi connectivity index (χ2v) is 5.88. The van der Waals surface area contributed by atoms with Gasteiger partial charge in [-0.1, -0.05) is 23.7 Å². The molecule has 0 saturated heterocycles. The van der Waals surface area contributed by atoms with Crippen molar-refractivity contribution in [3.8, 4) is 0 Å². The number of benzene rings is 2. The molecule has 2 rings (SSSR count). The second-order valence-electron chi connectivity index (χ2n) is 4.59. The van der Waals surface area contributed by atoms with Crippen LogP contribution in [0.1, 0.15) is 28.9 Å². The average Bonchev–Trinajstić information content (AvgIpc) is 2.47. The number of carbonyl (C=O) groups is 1. The minimum atomic E-state index is -0.461. The fourth-order valence-electron chi connectivity index (χ4n) is 1.92. The molecule has 0 saturated carbocycles. The van der Waals surface area contributed by atoms with E-state index in [1.54, 1.807) is 11.8 Å². The highest BCUT2D eigenvalue weighted by atomic mass is 35.5. The first-order valence-corrected chi connectivity index (χ1v) is 8.01. The molecule has 21 heavy (non-hydrogen) atoms. The van der Waals surface area contributed by atoms with Crippen molar-refractivity contribution in [2.75, 3.05) is 6.26 Å². The molecule has 0 aliphatic carbocycles. The lowest BCUT2D eigenvalue weighted by Crippen LogP contribution is -2.26. The number of hydrogen-bond donors (Lipinski definition) is 1. The summed E-state index contributed by atoms with van der Waals surface area (Å²) in [5.41, 5.74) is 1.27. The van der Waals surface area contributed by atoms with E-state index < -0.39 is 5.82 Å². The molecule has 110 valence electrons. The zero-order valence-electron chi connectivity index (χ0n) is 11.7. The number of amides is 1. The molecule has 0 spiro atoms. The molecule has 0 heterocycles. The minimum absolute atomic E-state index is 0.109. The summed E-state index contributed by atoms with van der Waals surface area (Å²) in [6.07, 6.45) is 2.01. The number of hydrogen-bond acceptors (Lipinski definition) is 2. The van der Waals surface area contributed by atoms with Gasteiger partial charge in [0, 0.05) is 4.90 Å². The van der Waals surface area contributed by atoms with Crippen LogP contribution in [-0.4, -0.2) is 12.2 Å². The first-order chi connectivity index (χ1) is 10.0. The molecule has 0 aliphatic heterocycles. The summed E-state index contributed by atoms with van der Waals surface area (Å²) in [6.45, 7) is 1.89. The van der Waals surface area contributed by atoms with Crippen LogP contribution in [0.25, 0.3) is 0 Å². The van der Waals surface area contributed by atoms with Gasteiger partial charge in [-0.2, -0.15) is 0 Å². The maximum absolute atomic E-state index is 13.0. The lowest BCUT2D eigenvalue weighted by molar-refractivity contribution is 0.0940. The Kier molecular flexibility index (Phi) is 5.26. The van der Waals surface area contributed by atoms with Gasteiger partial charge in [-0.3, -0.25) is 4.79 Å². The van der Waals surface area contributed by atoms with E-state index >= 15 is 0 Å². The van der Waals surface area contributed by atoms with Crippen molar-refractivity contribution in [3.05, 3.63) is 64.4 Å². The number of thioether (sulfide) groups is 1. The third-order valence-corrected chi connectivity index (χ3v) is 4.20. The molecule has 5 heteroatoms. The van der Waals surface area contributed by atoms with Crippen LogP contribution in [-0.2, 0) is 0 Å². The average molecular weight is 324 g/mol. The van der Waals surface area contributed by atoms with Crippen LogP contribution in [0.15, 0.2) is 47.4 Å². The Morgan fingerprint density at radius 2 is 1.90 bits per heavy atom. The summed E-state index contributed by atoms with van der Waals surface area (Å²) in [7, 11) is 0. The van der Waals surface area contributed by atoms with E-state index in [9.17, 15) is 9.18 Å². The van der Waals surface area contributed by atoms with Gasteiger partial charge in [0.15, 0.2) is 0 Å². The summed E-state index contributed by atoms with van der Waals surface area (Å²) in [5.74, 6) is -0.779. The molecule has 1 atom stereocenters. The first-order valence-electron chi connectivity index (χ1n) is 6.41. The third-order valence-electron chi connectivity index (χ3n) is 3.14.